The standard InChI is InChI=1S/C15H28O4/c1-14(2)6-5-7-16-8-9-17-10-11-18-12-13-19-15(3)4/h14-15H,7-13H2,1-4H3. The van der Waals surface area contributed by atoms with Crippen LogP contribution < -0.4 is 0 Å². The van der Waals surface area contributed by atoms with E-state index >= 15 is 0 Å². The molecule has 4 nitrogen and oxygen atoms in total. The Morgan fingerprint density at radius 2 is 1.26 bits per heavy atom. The number of rotatable bonds is 11. The first kappa shape index (κ1) is 18.4. The van der Waals surface area contributed by atoms with Crippen molar-refractivity contribution in [2.75, 3.05) is 46.2 Å². The molecule has 0 unspecified atom stereocenters. The van der Waals surface area contributed by atoms with E-state index in [1.165, 1.54) is 0 Å². The summed E-state index contributed by atoms with van der Waals surface area (Å²) in [5.74, 6) is 6.39. The van der Waals surface area contributed by atoms with E-state index in [4.69, 9.17) is 18.9 Å². The average Bonchev–Trinajstić information content (AvgIpc) is 2.34. The second-order valence-electron chi connectivity index (χ2n) is 4.67. The molecule has 0 fully saturated rings. The summed E-state index contributed by atoms with van der Waals surface area (Å²) in [5.41, 5.74) is 0. The van der Waals surface area contributed by atoms with Gasteiger partial charge < -0.3 is 18.9 Å². The molecule has 0 saturated carbocycles. The van der Waals surface area contributed by atoms with Gasteiger partial charge in [-0.05, 0) is 13.8 Å². The first-order valence-corrected chi connectivity index (χ1v) is 6.96. The molecule has 0 rings (SSSR count). The van der Waals surface area contributed by atoms with Crippen LogP contribution in [-0.2, 0) is 18.9 Å². The summed E-state index contributed by atoms with van der Waals surface area (Å²) in [6.45, 7) is 12.2. The lowest BCUT2D eigenvalue weighted by molar-refractivity contribution is -0.00971. The Balaban J connectivity index is 3.06. The second kappa shape index (κ2) is 13.8. The fourth-order valence-electron chi connectivity index (χ4n) is 1.15. The van der Waals surface area contributed by atoms with Gasteiger partial charge in [0.2, 0.25) is 0 Å². The van der Waals surface area contributed by atoms with Crippen molar-refractivity contribution in [3.8, 4) is 11.8 Å². The van der Waals surface area contributed by atoms with Gasteiger partial charge in [-0.3, -0.25) is 0 Å². The van der Waals surface area contributed by atoms with E-state index < -0.39 is 0 Å². The van der Waals surface area contributed by atoms with Gasteiger partial charge in [-0.25, -0.2) is 0 Å². The summed E-state index contributed by atoms with van der Waals surface area (Å²) in [5, 5.41) is 0. The SMILES string of the molecule is CC(C)C#CCOCCOCCOCCOC(C)C. The molecule has 0 aliphatic heterocycles. The molecule has 0 aromatic heterocycles. The number of hydrogen-bond donors (Lipinski definition) is 0. The van der Waals surface area contributed by atoms with E-state index in [-0.39, 0.29) is 6.10 Å². The smallest absolute Gasteiger partial charge is 0.107 e. The van der Waals surface area contributed by atoms with E-state index in [0.717, 1.165) is 0 Å². The van der Waals surface area contributed by atoms with E-state index in [9.17, 15) is 0 Å². The minimum absolute atomic E-state index is 0.260. The summed E-state index contributed by atoms with van der Waals surface area (Å²) >= 11 is 0. The quantitative estimate of drug-likeness (QED) is 0.426. The average molecular weight is 272 g/mol. The third-order valence-electron chi connectivity index (χ3n) is 1.99. The Morgan fingerprint density at radius 1 is 0.737 bits per heavy atom. The predicted molar refractivity (Wildman–Crippen MR) is 76.2 cm³/mol. The van der Waals surface area contributed by atoms with E-state index in [2.05, 4.69) is 25.7 Å². The maximum Gasteiger partial charge on any atom is 0.107 e. The first-order valence-electron chi connectivity index (χ1n) is 6.96. The lowest BCUT2D eigenvalue weighted by atomic mass is 10.2. The van der Waals surface area contributed by atoms with Gasteiger partial charge in [0, 0.05) is 5.92 Å². The Morgan fingerprint density at radius 3 is 1.79 bits per heavy atom. The van der Waals surface area contributed by atoms with Crippen molar-refractivity contribution >= 4 is 0 Å². The normalized spacial score (nSPS) is 10.8. The molecule has 0 aliphatic rings. The topological polar surface area (TPSA) is 36.9 Å². The van der Waals surface area contributed by atoms with Gasteiger partial charge in [0.15, 0.2) is 0 Å². The van der Waals surface area contributed by atoms with Crippen LogP contribution in [0, 0.1) is 17.8 Å². The molecule has 112 valence electrons. The van der Waals surface area contributed by atoms with Gasteiger partial charge >= 0.3 is 0 Å². The van der Waals surface area contributed by atoms with Gasteiger partial charge in [-0.1, -0.05) is 25.7 Å². The Bertz CT molecular complexity index is 240. The fourth-order valence-corrected chi connectivity index (χ4v) is 1.15. The molecule has 0 N–H and O–H groups in total. The third kappa shape index (κ3) is 17.4. The van der Waals surface area contributed by atoms with Crippen LogP contribution in [0.5, 0.6) is 0 Å². The molecule has 0 spiro atoms. The van der Waals surface area contributed by atoms with Crippen LogP contribution in [0.25, 0.3) is 0 Å². The zero-order valence-electron chi connectivity index (χ0n) is 12.7. The minimum Gasteiger partial charge on any atom is -0.377 e. The summed E-state index contributed by atoms with van der Waals surface area (Å²) in [6, 6.07) is 0. The highest BCUT2D eigenvalue weighted by Crippen LogP contribution is 1.88. The monoisotopic (exact) mass is 272 g/mol. The lowest BCUT2D eigenvalue weighted by Gasteiger charge is -2.08. The zero-order chi connectivity index (χ0) is 14.3. The van der Waals surface area contributed by atoms with Crippen molar-refractivity contribution < 1.29 is 18.9 Å². The van der Waals surface area contributed by atoms with Crippen LogP contribution in [0.15, 0.2) is 0 Å². The molecule has 19 heavy (non-hydrogen) atoms. The maximum atomic E-state index is 5.35. The van der Waals surface area contributed by atoms with Crippen LogP contribution in [0.2, 0.25) is 0 Å². The van der Waals surface area contributed by atoms with E-state index in [1.807, 2.05) is 13.8 Å². The molecular weight excluding hydrogens is 244 g/mol. The molecular formula is C15H28O4. The molecule has 0 atom stereocenters. The van der Waals surface area contributed by atoms with Gasteiger partial charge in [-0.15, -0.1) is 0 Å². The highest BCUT2D eigenvalue weighted by atomic mass is 16.6. The fraction of sp³-hybridized carbons (Fsp3) is 0.867. The predicted octanol–water partition coefficient (Wildman–Crippen LogP) is 2.12. The summed E-state index contributed by atoms with van der Waals surface area (Å²) < 4.78 is 21.3. The second-order valence-corrected chi connectivity index (χ2v) is 4.67. The van der Waals surface area contributed by atoms with Gasteiger partial charge in [0.05, 0.1) is 45.7 Å². The van der Waals surface area contributed by atoms with Crippen LogP contribution in [-0.4, -0.2) is 52.4 Å². The van der Waals surface area contributed by atoms with Crippen molar-refractivity contribution in [1.82, 2.24) is 0 Å². The summed E-state index contributed by atoms with van der Waals surface area (Å²) in [7, 11) is 0. The molecule has 0 aliphatic carbocycles. The third-order valence-corrected chi connectivity index (χ3v) is 1.99. The number of hydrogen-bond acceptors (Lipinski definition) is 4. The van der Waals surface area contributed by atoms with Crippen molar-refractivity contribution in [2.24, 2.45) is 5.92 Å². The molecule has 0 saturated heterocycles. The van der Waals surface area contributed by atoms with Gasteiger partial charge in [0.1, 0.15) is 6.61 Å². The largest absolute Gasteiger partial charge is 0.377 e. The molecule has 0 radical (unpaired) electrons. The van der Waals surface area contributed by atoms with Crippen molar-refractivity contribution in [1.29, 1.82) is 0 Å². The van der Waals surface area contributed by atoms with Crippen LogP contribution in [0.1, 0.15) is 27.7 Å². The summed E-state index contributed by atoms with van der Waals surface area (Å²) in [4.78, 5) is 0. The minimum atomic E-state index is 0.260. The van der Waals surface area contributed by atoms with Gasteiger partial charge in [0.25, 0.3) is 0 Å². The van der Waals surface area contributed by atoms with E-state index in [0.29, 0.717) is 52.2 Å². The molecule has 0 bridgehead atoms. The zero-order valence-corrected chi connectivity index (χ0v) is 12.7. The Hall–Kier alpha value is -0.600. The molecule has 0 heterocycles. The van der Waals surface area contributed by atoms with Crippen molar-refractivity contribution in [3.05, 3.63) is 0 Å². The van der Waals surface area contributed by atoms with Crippen LogP contribution in [0.3, 0.4) is 0 Å². The molecule has 0 aromatic rings. The molecule has 0 aromatic carbocycles. The molecule has 4 heteroatoms. The Kier molecular flexibility index (Phi) is 13.4. The van der Waals surface area contributed by atoms with Crippen molar-refractivity contribution in [2.45, 2.75) is 33.8 Å². The Labute approximate surface area is 117 Å². The first-order chi connectivity index (χ1) is 9.13. The molecule has 0 amide bonds. The van der Waals surface area contributed by atoms with Gasteiger partial charge in [-0.2, -0.15) is 0 Å². The lowest BCUT2D eigenvalue weighted by Crippen LogP contribution is -2.13. The maximum absolute atomic E-state index is 5.35. The highest BCUT2D eigenvalue weighted by molar-refractivity contribution is 5.01. The van der Waals surface area contributed by atoms with Crippen LogP contribution in [0.4, 0.5) is 0 Å². The van der Waals surface area contributed by atoms with Crippen LogP contribution >= 0.6 is 0 Å². The highest BCUT2D eigenvalue weighted by Gasteiger charge is 1.93. The van der Waals surface area contributed by atoms with E-state index in [1.54, 1.807) is 0 Å². The summed E-state index contributed by atoms with van der Waals surface area (Å²) in [6.07, 6.45) is 0.260. The number of ether oxygens (including phenoxy) is 4. The van der Waals surface area contributed by atoms with Crippen molar-refractivity contribution in [3.63, 3.8) is 0 Å².